The predicted molar refractivity (Wildman–Crippen MR) is 53.0 cm³/mol. The first-order valence-corrected chi connectivity index (χ1v) is 4.30. The molecule has 1 aliphatic heterocycles. The van der Waals surface area contributed by atoms with Gasteiger partial charge >= 0.3 is 0 Å². The Hall–Kier alpha value is -1.76. The fraction of sp³-hybridized carbons (Fsp3) is 0. The fourth-order valence-electron chi connectivity index (χ4n) is 1.60. The van der Waals surface area contributed by atoms with Gasteiger partial charge in [0.25, 0.3) is 0 Å². The Kier molecular flexibility index (Phi) is 1.22. The molecule has 1 nitrogen and oxygen atoms in total. The van der Waals surface area contributed by atoms with Crippen LogP contribution >= 0.6 is 0 Å². The van der Waals surface area contributed by atoms with E-state index in [0.29, 0.717) is 0 Å². The zero-order chi connectivity index (χ0) is 8.67. The zero-order valence-electron chi connectivity index (χ0n) is 7.03. The van der Waals surface area contributed by atoms with Crippen LogP contribution in [0.2, 0.25) is 0 Å². The van der Waals surface area contributed by atoms with Gasteiger partial charge in [0.15, 0.2) is 5.76 Å². The topological polar surface area (TPSA) is 12.5 Å². The molecule has 0 bridgehead atoms. The van der Waals surface area contributed by atoms with Gasteiger partial charge in [-0.2, -0.15) is 0 Å². The molecular weight excluding hydrogens is 160 g/mol. The summed E-state index contributed by atoms with van der Waals surface area (Å²) in [5.74, 6) is 0.997. The predicted octanol–water partition coefficient (Wildman–Crippen LogP) is 3.17. The van der Waals surface area contributed by atoms with E-state index in [2.05, 4.69) is 36.4 Å². The Balaban J connectivity index is 2.39. The summed E-state index contributed by atoms with van der Waals surface area (Å²) in [5, 5.41) is 2.52. The van der Waals surface area contributed by atoms with Crippen molar-refractivity contribution in [2.75, 3.05) is 0 Å². The number of ether oxygens (including phenoxy) is 1. The molecule has 0 N–H and O–H groups in total. The summed E-state index contributed by atoms with van der Waals surface area (Å²) < 4.78 is 5.09. The molecule has 1 heteroatoms. The van der Waals surface area contributed by atoms with E-state index in [1.165, 1.54) is 16.3 Å². The smallest absolute Gasteiger partial charge is 0.169 e. The summed E-state index contributed by atoms with van der Waals surface area (Å²) in [6.45, 7) is 0. The molecule has 2 aromatic carbocycles. The maximum absolute atomic E-state index is 5.09. The highest BCUT2D eigenvalue weighted by atomic mass is 16.5. The molecule has 0 radical (unpaired) electrons. The first-order valence-electron chi connectivity index (χ1n) is 4.30. The van der Waals surface area contributed by atoms with Crippen molar-refractivity contribution in [3.05, 3.63) is 54.3 Å². The highest BCUT2D eigenvalue weighted by Crippen LogP contribution is 2.32. The number of benzene rings is 2. The largest absolute Gasteiger partial charge is 0.457 e. The first kappa shape index (κ1) is 6.72. The molecule has 0 fully saturated rings. The Labute approximate surface area is 76.3 Å². The Morgan fingerprint density at radius 1 is 0.846 bits per heavy atom. The van der Waals surface area contributed by atoms with Crippen molar-refractivity contribution in [3.8, 4) is 0 Å². The second kappa shape index (κ2) is 2.36. The molecule has 0 aliphatic carbocycles. The van der Waals surface area contributed by atoms with E-state index in [1.54, 1.807) is 6.26 Å². The molecule has 3 rings (SSSR count). The minimum absolute atomic E-state index is 0.997. The molecule has 62 valence electrons. The van der Waals surface area contributed by atoms with Crippen molar-refractivity contribution in [1.82, 2.24) is 0 Å². The summed E-state index contributed by atoms with van der Waals surface area (Å²) in [7, 11) is 0. The molecule has 0 spiro atoms. The SMILES string of the molecule is C1=C(c2cccc3ccccc23)O1. The molecule has 0 unspecified atom stereocenters. The van der Waals surface area contributed by atoms with Gasteiger partial charge in [-0.3, -0.25) is 0 Å². The third-order valence-electron chi connectivity index (χ3n) is 2.29. The van der Waals surface area contributed by atoms with E-state index in [4.69, 9.17) is 4.74 Å². The molecule has 0 saturated carbocycles. The molecular formula is C12H8O. The van der Waals surface area contributed by atoms with Crippen molar-refractivity contribution in [2.24, 2.45) is 0 Å². The third-order valence-corrected chi connectivity index (χ3v) is 2.29. The van der Waals surface area contributed by atoms with Crippen molar-refractivity contribution in [2.45, 2.75) is 0 Å². The Morgan fingerprint density at radius 2 is 1.62 bits per heavy atom. The lowest BCUT2D eigenvalue weighted by molar-refractivity contribution is 0.564. The van der Waals surface area contributed by atoms with Crippen molar-refractivity contribution in [3.63, 3.8) is 0 Å². The van der Waals surface area contributed by atoms with E-state index >= 15 is 0 Å². The van der Waals surface area contributed by atoms with Gasteiger partial charge in [0, 0.05) is 5.56 Å². The minimum atomic E-state index is 0.997. The lowest BCUT2D eigenvalue weighted by Crippen LogP contribution is -1.78. The average molecular weight is 168 g/mol. The maximum atomic E-state index is 5.09. The fourth-order valence-corrected chi connectivity index (χ4v) is 1.60. The third kappa shape index (κ3) is 1.01. The number of hydrogen-bond acceptors (Lipinski definition) is 1. The highest BCUT2D eigenvalue weighted by Gasteiger charge is 2.14. The van der Waals surface area contributed by atoms with Crippen LogP contribution in [0, 0.1) is 0 Å². The normalized spacial score (nSPS) is 13.7. The molecule has 1 aliphatic rings. The van der Waals surface area contributed by atoms with Crippen LogP contribution in [0.15, 0.2) is 48.7 Å². The van der Waals surface area contributed by atoms with Crippen molar-refractivity contribution in [1.29, 1.82) is 0 Å². The van der Waals surface area contributed by atoms with Crippen LogP contribution in [-0.4, -0.2) is 0 Å². The van der Waals surface area contributed by atoms with E-state index in [0.717, 1.165) is 5.76 Å². The van der Waals surface area contributed by atoms with Crippen LogP contribution in [-0.2, 0) is 4.74 Å². The monoisotopic (exact) mass is 168 g/mol. The van der Waals surface area contributed by atoms with Gasteiger partial charge in [0.05, 0.1) is 0 Å². The number of fused-ring (bicyclic) bond motifs is 1. The van der Waals surface area contributed by atoms with Crippen LogP contribution in [0.3, 0.4) is 0 Å². The summed E-state index contributed by atoms with van der Waals surface area (Å²) in [6.07, 6.45) is 1.78. The standard InChI is InChI=1S/C12H8O/c1-2-6-10-9(4-1)5-3-7-11(10)12-8-13-12/h1-8H. The maximum Gasteiger partial charge on any atom is 0.169 e. The van der Waals surface area contributed by atoms with E-state index in [1.807, 2.05) is 6.07 Å². The van der Waals surface area contributed by atoms with E-state index in [9.17, 15) is 0 Å². The van der Waals surface area contributed by atoms with Gasteiger partial charge in [-0.1, -0.05) is 42.5 Å². The molecule has 2 aromatic rings. The van der Waals surface area contributed by atoms with Gasteiger partial charge in [0.1, 0.15) is 6.26 Å². The lowest BCUT2D eigenvalue weighted by atomic mass is 10.0. The minimum Gasteiger partial charge on any atom is -0.457 e. The lowest BCUT2D eigenvalue weighted by Gasteiger charge is -2.00. The Bertz CT molecular complexity index is 492. The molecule has 0 saturated heterocycles. The molecule has 0 aromatic heterocycles. The van der Waals surface area contributed by atoms with Gasteiger partial charge < -0.3 is 4.74 Å². The van der Waals surface area contributed by atoms with Crippen molar-refractivity contribution < 1.29 is 4.74 Å². The van der Waals surface area contributed by atoms with Crippen LogP contribution in [0.4, 0.5) is 0 Å². The van der Waals surface area contributed by atoms with Crippen LogP contribution < -0.4 is 0 Å². The summed E-state index contributed by atoms with van der Waals surface area (Å²) >= 11 is 0. The van der Waals surface area contributed by atoms with Gasteiger partial charge in [0.2, 0.25) is 0 Å². The average Bonchev–Trinajstić information content (AvgIpc) is 3.00. The van der Waals surface area contributed by atoms with Gasteiger partial charge in [-0.05, 0) is 10.8 Å². The summed E-state index contributed by atoms with van der Waals surface area (Å²) in [4.78, 5) is 0. The summed E-state index contributed by atoms with van der Waals surface area (Å²) in [5.41, 5.74) is 1.19. The summed E-state index contributed by atoms with van der Waals surface area (Å²) in [6, 6.07) is 14.6. The van der Waals surface area contributed by atoms with Crippen LogP contribution in [0.25, 0.3) is 16.5 Å². The van der Waals surface area contributed by atoms with E-state index < -0.39 is 0 Å². The molecule has 0 atom stereocenters. The first-order chi connectivity index (χ1) is 6.45. The number of hydrogen-bond donors (Lipinski definition) is 0. The van der Waals surface area contributed by atoms with Crippen LogP contribution in [0.5, 0.6) is 0 Å². The second-order valence-corrected chi connectivity index (χ2v) is 3.13. The molecule has 1 heterocycles. The molecule has 0 amide bonds. The second-order valence-electron chi connectivity index (χ2n) is 3.13. The van der Waals surface area contributed by atoms with E-state index in [-0.39, 0.29) is 0 Å². The Morgan fingerprint density at radius 3 is 2.46 bits per heavy atom. The highest BCUT2D eigenvalue weighted by molar-refractivity contribution is 5.94. The number of rotatable bonds is 1. The molecule has 13 heavy (non-hydrogen) atoms. The van der Waals surface area contributed by atoms with Crippen LogP contribution in [0.1, 0.15) is 5.56 Å². The van der Waals surface area contributed by atoms with Gasteiger partial charge in [-0.25, -0.2) is 0 Å². The zero-order valence-corrected chi connectivity index (χ0v) is 7.03. The van der Waals surface area contributed by atoms with Crippen molar-refractivity contribution >= 4 is 16.5 Å². The quantitative estimate of drug-likeness (QED) is 0.637. The van der Waals surface area contributed by atoms with Gasteiger partial charge in [-0.15, -0.1) is 0 Å².